The van der Waals surface area contributed by atoms with E-state index in [1.165, 1.54) is 24.5 Å². The minimum Gasteiger partial charge on any atom is -0.340 e. The number of amides is 1. The van der Waals surface area contributed by atoms with E-state index in [-0.39, 0.29) is 17.8 Å². The number of carbonyl (C=O) groups is 1. The van der Waals surface area contributed by atoms with E-state index in [0.29, 0.717) is 24.6 Å². The highest BCUT2D eigenvalue weighted by Crippen LogP contribution is 2.32. The Balaban J connectivity index is 1.65. The SMILES string of the molecule is CC(c1ccccc1)N(CC(=O)N(C)Cc1ccccc1F)CC1CC1. The van der Waals surface area contributed by atoms with Gasteiger partial charge in [-0.15, -0.1) is 0 Å². The first-order chi connectivity index (χ1) is 12.5. The van der Waals surface area contributed by atoms with Crippen molar-refractivity contribution in [2.24, 2.45) is 5.92 Å². The number of halogens is 1. The zero-order chi connectivity index (χ0) is 18.5. The van der Waals surface area contributed by atoms with E-state index in [4.69, 9.17) is 0 Å². The van der Waals surface area contributed by atoms with Gasteiger partial charge in [0.15, 0.2) is 0 Å². The Kier molecular flexibility index (Phi) is 6.04. The predicted molar refractivity (Wildman–Crippen MR) is 102 cm³/mol. The molecule has 1 saturated carbocycles. The number of carbonyl (C=O) groups excluding carboxylic acids is 1. The minimum atomic E-state index is -0.264. The van der Waals surface area contributed by atoms with Crippen molar-refractivity contribution in [3.05, 3.63) is 71.5 Å². The number of likely N-dealkylation sites (N-methyl/N-ethyl adjacent to an activating group) is 1. The molecule has 0 bridgehead atoms. The van der Waals surface area contributed by atoms with Gasteiger partial charge in [-0.2, -0.15) is 0 Å². The third-order valence-electron chi connectivity index (χ3n) is 5.15. The summed E-state index contributed by atoms with van der Waals surface area (Å²) < 4.78 is 13.9. The third-order valence-corrected chi connectivity index (χ3v) is 5.15. The van der Waals surface area contributed by atoms with Crippen LogP contribution in [0, 0.1) is 11.7 Å². The van der Waals surface area contributed by atoms with Crippen LogP contribution >= 0.6 is 0 Å². The maximum absolute atomic E-state index is 13.9. The number of hydrogen-bond acceptors (Lipinski definition) is 2. The summed E-state index contributed by atoms with van der Waals surface area (Å²) in [4.78, 5) is 16.6. The number of rotatable bonds is 8. The second-order valence-electron chi connectivity index (χ2n) is 7.30. The van der Waals surface area contributed by atoms with Crippen molar-refractivity contribution in [2.75, 3.05) is 20.1 Å². The molecule has 0 aromatic heterocycles. The van der Waals surface area contributed by atoms with E-state index in [0.717, 1.165) is 6.54 Å². The van der Waals surface area contributed by atoms with Gasteiger partial charge in [-0.05, 0) is 37.3 Å². The largest absolute Gasteiger partial charge is 0.340 e. The molecule has 26 heavy (non-hydrogen) atoms. The lowest BCUT2D eigenvalue weighted by atomic mass is 10.1. The van der Waals surface area contributed by atoms with Crippen molar-refractivity contribution in [1.82, 2.24) is 9.80 Å². The van der Waals surface area contributed by atoms with Crippen LogP contribution in [0.25, 0.3) is 0 Å². The second-order valence-corrected chi connectivity index (χ2v) is 7.30. The molecule has 4 heteroatoms. The molecule has 0 heterocycles. The lowest BCUT2D eigenvalue weighted by Crippen LogP contribution is -2.40. The monoisotopic (exact) mass is 354 g/mol. The molecule has 1 amide bonds. The van der Waals surface area contributed by atoms with E-state index in [2.05, 4.69) is 24.0 Å². The first-order valence-corrected chi connectivity index (χ1v) is 9.31. The number of nitrogens with zero attached hydrogens (tertiary/aromatic N) is 2. The molecule has 2 aromatic carbocycles. The predicted octanol–water partition coefficient (Wildman–Crippen LogP) is 4.26. The fourth-order valence-corrected chi connectivity index (χ4v) is 3.20. The van der Waals surface area contributed by atoms with Gasteiger partial charge in [0, 0.05) is 31.7 Å². The van der Waals surface area contributed by atoms with Crippen molar-refractivity contribution < 1.29 is 9.18 Å². The van der Waals surface area contributed by atoms with Crippen LogP contribution in [0.15, 0.2) is 54.6 Å². The van der Waals surface area contributed by atoms with Gasteiger partial charge in [0.25, 0.3) is 0 Å². The molecule has 0 N–H and O–H groups in total. The Morgan fingerprint density at radius 1 is 1.12 bits per heavy atom. The summed E-state index contributed by atoms with van der Waals surface area (Å²) in [5.41, 5.74) is 1.77. The highest BCUT2D eigenvalue weighted by atomic mass is 19.1. The van der Waals surface area contributed by atoms with Gasteiger partial charge in [-0.25, -0.2) is 4.39 Å². The van der Waals surface area contributed by atoms with Crippen LogP contribution in [-0.2, 0) is 11.3 Å². The van der Waals surface area contributed by atoms with Gasteiger partial charge in [-0.3, -0.25) is 9.69 Å². The van der Waals surface area contributed by atoms with E-state index in [1.54, 1.807) is 30.1 Å². The van der Waals surface area contributed by atoms with Crippen molar-refractivity contribution >= 4 is 5.91 Å². The molecule has 3 nitrogen and oxygen atoms in total. The summed E-state index contributed by atoms with van der Waals surface area (Å²) in [5.74, 6) is 0.460. The van der Waals surface area contributed by atoms with E-state index in [9.17, 15) is 9.18 Å². The summed E-state index contributed by atoms with van der Waals surface area (Å²) in [6.07, 6.45) is 2.49. The third kappa shape index (κ3) is 4.92. The first kappa shape index (κ1) is 18.6. The molecule has 3 rings (SSSR count). The lowest BCUT2D eigenvalue weighted by Gasteiger charge is -2.30. The molecule has 0 saturated heterocycles. The van der Waals surface area contributed by atoms with Gasteiger partial charge in [-0.1, -0.05) is 48.5 Å². The fourth-order valence-electron chi connectivity index (χ4n) is 3.20. The summed E-state index contributed by atoms with van der Waals surface area (Å²) in [6, 6.07) is 17.1. The highest BCUT2D eigenvalue weighted by Gasteiger charge is 2.29. The molecule has 2 aromatic rings. The van der Waals surface area contributed by atoms with E-state index >= 15 is 0 Å². The van der Waals surface area contributed by atoms with Gasteiger partial charge >= 0.3 is 0 Å². The van der Waals surface area contributed by atoms with Crippen molar-refractivity contribution in [2.45, 2.75) is 32.4 Å². The van der Waals surface area contributed by atoms with Gasteiger partial charge < -0.3 is 4.90 Å². The van der Waals surface area contributed by atoms with Crippen molar-refractivity contribution in [3.63, 3.8) is 0 Å². The van der Waals surface area contributed by atoms with Crippen LogP contribution in [0.3, 0.4) is 0 Å². The molecule has 138 valence electrons. The van der Waals surface area contributed by atoms with E-state index < -0.39 is 0 Å². The van der Waals surface area contributed by atoms with Gasteiger partial charge in [0.2, 0.25) is 5.91 Å². The zero-order valence-electron chi connectivity index (χ0n) is 15.6. The van der Waals surface area contributed by atoms with Crippen LogP contribution in [0.1, 0.15) is 36.9 Å². The van der Waals surface area contributed by atoms with Crippen LogP contribution in [0.4, 0.5) is 4.39 Å². The average Bonchev–Trinajstić information content (AvgIpc) is 3.47. The van der Waals surface area contributed by atoms with Crippen molar-refractivity contribution in [1.29, 1.82) is 0 Å². The van der Waals surface area contributed by atoms with Crippen LogP contribution in [-0.4, -0.2) is 35.8 Å². The molecule has 1 aliphatic rings. The average molecular weight is 354 g/mol. The second kappa shape index (κ2) is 8.45. The molecule has 1 atom stereocenters. The molecule has 0 aliphatic heterocycles. The summed E-state index contributed by atoms with van der Waals surface area (Å²) in [6.45, 7) is 3.75. The van der Waals surface area contributed by atoms with Crippen LogP contribution in [0.5, 0.6) is 0 Å². The smallest absolute Gasteiger partial charge is 0.236 e. The van der Waals surface area contributed by atoms with Gasteiger partial charge in [0.05, 0.1) is 6.54 Å². The fraction of sp³-hybridized carbons (Fsp3) is 0.409. The Labute approximate surface area is 155 Å². The molecular weight excluding hydrogens is 327 g/mol. The molecule has 1 aliphatic carbocycles. The van der Waals surface area contributed by atoms with Crippen LogP contribution < -0.4 is 0 Å². The first-order valence-electron chi connectivity index (χ1n) is 9.31. The number of benzene rings is 2. The van der Waals surface area contributed by atoms with Crippen molar-refractivity contribution in [3.8, 4) is 0 Å². The maximum Gasteiger partial charge on any atom is 0.236 e. The summed E-state index contributed by atoms with van der Waals surface area (Å²) in [7, 11) is 1.75. The number of hydrogen-bond donors (Lipinski definition) is 0. The summed E-state index contributed by atoms with van der Waals surface area (Å²) in [5, 5.41) is 0. The van der Waals surface area contributed by atoms with E-state index in [1.807, 2.05) is 18.2 Å². The van der Waals surface area contributed by atoms with Gasteiger partial charge in [0.1, 0.15) is 5.82 Å². The lowest BCUT2D eigenvalue weighted by molar-refractivity contribution is -0.132. The Bertz CT molecular complexity index is 730. The Morgan fingerprint density at radius 3 is 2.42 bits per heavy atom. The molecule has 1 unspecified atom stereocenters. The quantitative estimate of drug-likeness (QED) is 0.707. The molecular formula is C22H27FN2O. The zero-order valence-corrected chi connectivity index (χ0v) is 15.6. The standard InChI is InChI=1S/C22H27FN2O/c1-17(19-8-4-3-5-9-19)25(14-18-12-13-18)16-22(26)24(2)15-20-10-6-7-11-21(20)23/h3-11,17-18H,12-16H2,1-2H3. The van der Waals surface area contributed by atoms with Crippen LogP contribution in [0.2, 0.25) is 0 Å². The Morgan fingerprint density at radius 2 is 1.77 bits per heavy atom. The Hall–Kier alpha value is -2.20. The minimum absolute atomic E-state index is 0.0247. The normalized spacial score (nSPS) is 15.1. The molecule has 1 fully saturated rings. The topological polar surface area (TPSA) is 23.6 Å². The summed E-state index contributed by atoms with van der Waals surface area (Å²) >= 11 is 0. The maximum atomic E-state index is 13.9. The molecule has 0 spiro atoms. The molecule has 0 radical (unpaired) electrons. The highest BCUT2D eigenvalue weighted by molar-refractivity contribution is 5.78.